The molecule has 6 heteroatoms. The molecule has 24 heavy (non-hydrogen) atoms. The van der Waals surface area contributed by atoms with Crippen molar-refractivity contribution in [2.24, 2.45) is 0 Å². The third-order valence-corrected chi connectivity index (χ3v) is 4.34. The Morgan fingerprint density at radius 1 is 1.17 bits per heavy atom. The maximum absolute atomic E-state index is 12.3. The molecule has 1 aromatic carbocycles. The van der Waals surface area contributed by atoms with Crippen molar-refractivity contribution in [2.75, 3.05) is 25.0 Å². The van der Waals surface area contributed by atoms with Crippen LogP contribution in [-0.2, 0) is 4.74 Å². The van der Waals surface area contributed by atoms with Crippen LogP contribution < -0.4 is 10.6 Å². The Balaban J connectivity index is 1.39. The van der Waals surface area contributed by atoms with E-state index < -0.39 is 0 Å². The fourth-order valence-electron chi connectivity index (χ4n) is 2.77. The number of nitrogens with one attached hydrogen (secondary N) is 2. The maximum Gasteiger partial charge on any atom is 0.258 e. The van der Waals surface area contributed by atoms with Crippen LogP contribution in [0, 0.1) is 0 Å². The number of hydrogen-bond acceptors (Lipinski definition) is 5. The Bertz CT molecular complexity index is 705. The predicted octanol–water partition coefficient (Wildman–Crippen LogP) is 2.27. The summed E-state index contributed by atoms with van der Waals surface area (Å²) in [5.74, 6) is 1.14. The Kier molecular flexibility index (Phi) is 4.23. The van der Waals surface area contributed by atoms with Crippen molar-refractivity contribution in [3.05, 3.63) is 53.6 Å². The summed E-state index contributed by atoms with van der Waals surface area (Å²) in [5, 5.41) is 6.19. The van der Waals surface area contributed by atoms with Gasteiger partial charge in [-0.3, -0.25) is 4.79 Å². The molecule has 2 aromatic rings. The van der Waals surface area contributed by atoms with Crippen molar-refractivity contribution in [1.82, 2.24) is 15.3 Å². The predicted molar refractivity (Wildman–Crippen MR) is 90.0 cm³/mol. The van der Waals surface area contributed by atoms with Crippen molar-refractivity contribution >= 4 is 11.6 Å². The van der Waals surface area contributed by atoms with Gasteiger partial charge in [0.1, 0.15) is 5.82 Å². The molecular formula is C18H20N4O2. The summed E-state index contributed by atoms with van der Waals surface area (Å²) in [4.78, 5) is 20.8. The zero-order valence-corrected chi connectivity index (χ0v) is 13.4. The highest BCUT2D eigenvalue weighted by Crippen LogP contribution is 2.37. The molecule has 1 aliphatic carbocycles. The molecule has 4 rings (SSSR count). The fourth-order valence-corrected chi connectivity index (χ4v) is 2.77. The van der Waals surface area contributed by atoms with Crippen LogP contribution in [0.15, 0.2) is 36.7 Å². The molecule has 1 saturated carbocycles. The van der Waals surface area contributed by atoms with Crippen LogP contribution in [0.5, 0.6) is 0 Å². The van der Waals surface area contributed by atoms with Crippen molar-refractivity contribution in [2.45, 2.75) is 24.9 Å². The number of nitrogens with zero attached hydrogens (tertiary/aromatic N) is 2. The molecule has 0 spiro atoms. The molecule has 2 N–H and O–H groups in total. The molecule has 0 unspecified atom stereocenters. The van der Waals surface area contributed by atoms with E-state index in [-0.39, 0.29) is 12.0 Å². The molecule has 1 atom stereocenters. The van der Waals surface area contributed by atoms with E-state index >= 15 is 0 Å². The molecule has 0 radical (unpaired) electrons. The summed E-state index contributed by atoms with van der Waals surface area (Å²) in [6.45, 7) is 2.43. The highest BCUT2D eigenvalue weighted by molar-refractivity contribution is 6.03. The van der Waals surface area contributed by atoms with Crippen LogP contribution in [0.25, 0.3) is 0 Å². The topological polar surface area (TPSA) is 76.1 Å². The van der Waals surface area contributed by atoms with E-state index in [1.54, 1.807) is 12.4 Å². The summed E-state index contributed by atoms with van der Waals surface area (Å²) >= 11 is 0. The Hall–Kier alpha value is -2.31. The highest BCUT2D eigenvalue weighted by atomic mass is 16.5. The lowest BCUT2D eigenvalue weighted by Crippen LogP contribution is -2.33. The van der Waals surface area contributed by atoms with Gasteiger partial charge in [0.25, 0.3) is 5.91 Å². The summed E-state index contributed by atoms with van der Waals surface area (Å²) in [5.41, 5.74) is 2.33. The van der Waals surface area contributed by atoms with E-state index in [0.29, 0.717) is 11.5 Å². The molecule has 1 aromatic heterocycles. The molecule has 2 heterocycles. The summed E-state index contributed by atoms with van der Waals surface area (Å²) < 4.78 is 5.72. The van der Waals surface area contributed by atoms with Gasteiger partial charge < -0.3 is 15.4 Å². The number of carbonyl (C=O) groups excluding carboxylic acids is 1. The number of carbonyl (C=O) groups is 1. The van der Waals surface area contributed by atoms with Gasteiger partial charge in [-0.2, -0.15) is 0 Å². The zero-order valence-electron chi connectivity index (χ0n) is 13.4. The van der Waals surface area contributed by atoms with Crippen LogP contribution in [0.2, 0.25) is 0 Å². The first-order valence-corrected chi connectivity index (χ1v) is 8.35. The van der Waals surface area contributed by atoms with Crippen molar-refractivity contribution in [3.8, 4) is 0 Å². The van der Waals surface area contributed by atoms with Crippen molar-refractivity contribution in [1.29, 1.82) is 0 Å². The van der Waals surface area contributed by atoms with E-state index in [4.69, 9.17) is 4.74 Å². The van der Waals surface area contributed by atoms with E-state index in [2.05, 4.69) is 20.6 Å². The standard InChI is InChI=1S/C18H20N4O2/c23-18(14-9-20-17(21-10-14)13-1-2-13)22-15-5-3-12(4-6-15)16-11-19-7-8-24-16/h3-6,9-10,13,16,19H,1-2,7-8,11H2,(H,22,23)/t16-/m1/s1. The first-order chi connectivity index (χ1) is 11.8. The van der Waals surface area contributed by atoms with Gasteiger partial charge in [0, 0.05) is 37.1 Å². The average molecular weight is 324 g/mol. The quantitative estimate of drug-likeness (QED) is 0.902. The SMILES string of the molecule is O=C(Nc1ccc([C@H]2CNCCO2)cc1)c1cnc(C2CC2)nc1. The number of benzene rings is 1. The van der Waals surface area contributed by atoms with Gasteiger partial charge in [-0.25, -0.2) is 9.97 Å². The molecule has 2 fully saturated rings. The van der Waals surface area contributed by atoms with Gasteiger partial charge in [0.05, 0.1) is 18.3 Å². The minimum atomic E-state index is -0.194. The number of anilines is 1. The smallest absolute Gasteiger partial charge is 0.258 e. The molecule has 0 bridgehead atoms. The highest BCUT2D eigenvalue weighted by Gasteiger charge is 2.26. The molecular weight excluding hydrogens is 304 g/mol. The van der Waals surface area contributed by atoms with Gasteiger partial charge >= 0.3 is 0 Å². The second kappa shape index (κ2) is 6.67. The number of rotatable bonds is 4. The number of amides is 1. The number of ether oxygens (including phenoxy) is 1. The minimum absolute atomic E-state index is 0.0758. The lowest BCUT2D eigenvalue weighted by molar-refractivity contribution is 0.0277. The Morgan fingerprint density at radius 2 is 1.92 bits per heavy atom. The zero-order chi connectivity index (χ0) is 16.4. The summed E-state index contributed by atoms with van der Waals surface area (Å²) in [6, 6.07) is 7.76. The van der Waals surface area contributed by atoms with Crippen LogP contribution >= 0.6 is 0 Å². The fraction of sp³-hybridized carbons (Fsp3) is 0.389. The summed E-state index contributed by atoms with van der Waals surface area (Å²) in [7, 11) is 0. The maximum atomic E-state index is 12.3. The lowest BCUT2D eigenvalue weighted by Gasteiger charge is -2.24. The number of morpholine rings is 1. The number of hydrogen-bond donors (Lipinski definition) is 2. The first-order valence-electron chi connectivity index (χ1n) is 8.35. The van der Waals surface area contributed by atoms with E-state index in [9.17, 15) is 4.79 Å². The summed E-state index contributed by atoms with van der Waals surface area (Å²) in [6.07, 6.45) is 5.58. The van der Waals surface area contributed by atoms with Crippen molar-refractivity contribution < 1.29 is 9.53 Å². The Labute approximate surface area is 140 Å². The van der Waals surface area contributed by atoms with Gasteiger partial charge in [-0.1, -0.05) is 12.1 Å². The minimum Gasteiger partial charge on any atom is -0.371 e. The van der Waals surface area contributed by atoms with E-state index in [1.807, 2.05) is 24.3 Å². The molecule has 1 aliphatic heterocycles. The second-order valence-corrected chi connectivity index (χ2v) is 6.24. The van der Waals surface area contributed by atoms with Gasteiger partial charge in [-0.05, 0) is 30.5 Å². The molecule has 6 nitrogen and oxygen atoms in total. The van der Waals surface area contributed by atoms with Gasteiger partial charge in [0.2, 0.25) is 0 Å². The van der Waals surface area contributed by atoms with Crippen LogP contribution in [0.1, 0.15) is 46.6 Å². The van der Waals surface area contributed by atoms with Crippen molar-refractivity contribution in [3.63, 3.8) is 0 Å². The first kappa shape index (κ1) is 15.2. The number of aromatic nitrogens is 2. The van der Waals surface area contributed by atoms with Crippen LogP contribution in [0.3, 0.4) is 0 Å². The molecule has 2 aliphatic rings. The van der Waals surface area contributed by atoms with E-state index in [0.717, 1.165) is 49.6 Å². The lowest BCUT2D eigenvalue weighted by atomic mass is 10.1. The Morgan fingerprint density at radius 3 is 2.54 bits per heavy atom. The third-order valence-electron chi connectivity index (χ3n) is 4.34. The third kappa shape index (κ3) is 3.44. The van der Waals surface area contributed by atoms with E-state index in [1.165, 1.54) is 0 Å². The normalized spacial score (nSPS) is 20.6. The largest absolute Gasteiger partial charge is 0.371 e. The molecule has 1 saturated heterocycles. The molecule has 124 valence electrons. The van der Waals surface area contributed by atoms with Crippen LogP contribution in [-0.4, -0.2) is 35.6 Å². The monoisotopic (exact) mass is 324 g/mol. The van der Waals surface area contributed by atoms with Gasteiger partial charge in [0.15, 0.2) is 0 Å². The van der Waals surface area contributed by atoms with Crippen LogP contribution in [0.4, 0.5) is 5.69 Å². The molecule has 1 amide bonds. The second-order valence-electron chi connectivity index (χ2n) is 6.24. The van der Waals surface area contributed by atoms with Gasteiger partial charge in [-0.15, -0.1) is 0 Å². The average Bonchev–Trinajstić information content (AvgIpc) is 3.48.